The molecule has 0 aliphatic heterocycles. The zero-order valence-corrected chi connectivity index (χ0v) is 9.62. The Morgan fingerprint density at radius 1 is 1.62 bits per heavy atom. The summed E-state index contributed by atoms with van der Waals surface area (Å²) in [6, 6.07) is 4.37. The first-order valence-corrected chi connectivity index (χ1v) is 5.04. The lowest BCUT2D eigenvalue weighted by molar-refractivity contribution is -0.118. The molecule has 0 aliphatic carbocycles. The fraction of sp³-hybridized carbons (Fsp3) is 0.300. The van der Waals surface area contributed by atoms with E-state index in [2.05, 4.69) is 5.32 Å². The summed E-state index contributed by atoms with van der Waals surface area (Å²) in [6.07, 6.45) is 0. The molecule has 0 aliphatic rings. The van der Waals surface area contributed by atoms with Crippen molar-refractivity contribution in [3.8, 4) is 5.75 Å². The molecule has 0 heterocycles. The summed E-state index contributed by atoms with van der Waals surface area (Å²) in [4.78, 5) is 10.7. The second-order valence-corrected chi connectivity index (χ2v) is 3.67. The number of primary amides is 1. The normalized spacial score (nSPS) is 11.9. The molecule has 1 amide bonds. The van der Waals surface area contributed by atoms with Gasteiger partial charge in [-0.25, -0.2) is 0 Å². The monoisotopic (exact) mass is 243 g/mol. The minimum absolute atomic E-state index is 0.228. The Balaban J connectivity index is 2.72. The van der Waals surface area contributed by atoms with E-state index in [1.54, 1.807) is 25.3 Å². The molecule has 0 radical (unpaired) electrons. The number of halogens is 1. The van der Waals surface area contributed by atoms with Crippen LogP contribution >= 0.6 is 11.6 Å². The number of nitrogens with two attached hydrogens (primary N) is 2. The minimum Gasteiger partial charge on any atom is -0.495 e. The standard InChI is InChI=1S/C10H14ClN3O2/c1-16-9-3-2-6(11)4-8(9)14-5-7(12)10(13)15/h2-4,7,14H,5,12H2,1H3,(H2,13,15). The van der Waals surface area contributed by atoms with Crippen LogP contribution in [0.4, 0.5) is 5.69 Å². The fourth-order valence-corrected chi connectivity index (χ4v) is 1.31. The summed E-state index contributed by atoms with van der Waals surface area (Å²) < 4.78 is 5.11. The number of nitrogens with one attached hydrogen (secondary N) is 1. The summed E-state index contributed by atoms with van der Waals surface area (Å²) in [6.45, 7) is 0.228. The quantitative estimate of drug-likeness (QED) is 0.705. The third-order valence-electron chi connectivity index (χ3n) is 2.04. The smallest absolute Gasteiger partial charge is 0.236 e. The fourth-order valence-electron chi connectivity index (χ4n) is 1.14. The average Bonchev–Trinajstić information content (AvgIpc) is 2.25. The Hall–Kier alpha value is -1.46. The molecule has 1 unspecified atom stereocenters. The highest BCUT2D eigenvalue weighted by Gasteiger charge is 2.10. The minimum atomic E-state index is -0.747. The van der Waals surface area contributed by atoms with Crippen LogP contribution in [0.25, 0.3) is 0 Å². The number of benzene rings is 1. The van der Waals surface area contributed by atoms with Crippen LogP contribution in [-0.4, -0.2) is 25.6 Å². The summed E-state index contributed by atoms with van der Waals surface area (Å²) in [5, 5.41) is 3.52. The number of carbonyl (C=O) groups excluding carboxylic acids is 1. The lowest BCUT2D eigenvalue weighted by atomic mass is 10.2. The summed E-state index contributed by atoms with van der Waals surface area (Å²) in [5.41, 5.74) is 11.2. The number of rotatable bonds is 5. The van der Waals surface area contributed by atoms with Crippen LogP contribution in [0.1, 0.15) is 0 Å². The second kappa shape index (κ2) is 5.58. The van der Waals surface area contributed by atoms with E-state index in [0.29, 0.717) is 16.5 Å². The first kappa shape index (κ1) is 12.6. The maximum Gasteiger partial charge on any atom is 0.236 e. The van der Waals surface area contributed by atoms with Crippen LogP contribution in [-0.2, 0) is 4.79 Å². The van der Waals surface area contributed by atoms with E-state index in [-0.39, 0.29) is 6.54 Å². The predicted octanol–water partition coefficient (Wildman–Crippen LogP) is 0.573. The van der Waals surface area contributed by atoms with Crippen LogP contribution < -0.4 is 21.5 Å². The maximum absolute atomic E-state index is 10.7. The number of anilines is 1. The van der Waals surface area contributed by atoms with Gasteiger partial charge in [0, 0.05) is 11.6 Å². The number of ether oxygens (including phenoxy) is 1. The van der Waals surface area contributed by atoms with Crippen molar-refractivity contribution in [2.45, 2.75) is 6.04 Å². The molecule has 5 nitrogen and oxygen atoms in total. The Labute approximate surface area is 98.7 Å². The highest BCUT2D eigenvalue weighted by atomic mass is 35.5. The van der Waals surface area contributed by atoms with Crippen LogP contribution in [0.3, 0.4) is 0 Å². The third kappa shape index (κ3) is 3.29. The third-order valence-corrected chi connectivity index (χ3v) is 2.27. The van der Waals surface area contributed by atoms with E-state index in [4.69, 9.17) is 27.8 Å². The van der Waals surface area contributed by atoms with E-state index >= 15 is 0 Å². The molecular weight excluding hydrogens is 230 g/mol. The van der Waals surface area contributed by atoms with Gasteiger partial charge in [-0.1, -0.05) is 11.6 Å². The Morgan fingerprint density at radius 2 is 2.31 bits per heavy atom. The molecule has 1 atom stereocenters. The number of amides is 1. The van der Waals surface area contributed by atoms with Crippen molar-refractivity contribution in [3.63, 3.8) is 0 Å². The summed E-state index contributed by atoms with van der Waals surface area (Å²) >= 11 is 5.83. The first-order valence-electron chi connectivity index (χ1n) is 4.67. The Morgan fingerprint density at radius 3 is 2.88 bits per heavy atom. The van der Waals surface area contributed by atoms with Crippen LogP contribution in [0.2, 0.25) is 5.02 Å². The Bertz CT molecular complexity index is 384. The molecule has 0 saturated heterocycles. The lowest BCUT2D eigenvalue weighted by Gasteiger charge is -2.13. The van der Waals surface area contributed by atoms with Gasteiger partial charge in [0.05, 0.1) is 12.8 Å². The average molecular weight is 244 g/mol. The van der Waals surface area contributed by atoms with Gasteiger partial charge in [0.2, 0.25) is 5.91 Å². The molecule has 88 valence electrons. The van der Waals surface area contributed by atoms with Gasteiger partial charge in [0.25, 0.3) is 0 Å². The van der Waals surface area contributed by atoms with Gasteiger partial charge >= 0.3 is 0 Å². The predicted molar refractivity (Wildman–Crippen MR) is 63.7 cm³/mol. The van der Waals surface area contributed by atoms with Crippen molar-refractivity contribution in [1.29, 1.82) is 0 Å². The molecule has 0 fully saturated rings. The van der Waals surface area contributed by atoms with Crippen LogP contribution in [0.15, 0.2) is 18.2 Å². The van der Waals surface area contributed by atoms with Crippen molar-refractivity contribution >= 4 is 23.2 Å². The van der Waals surface area contributed by atoms with Gasteiger partial charge in [-0.05, 0) is 18.2 Å². The zero-order valence-electron chi connectivity index (χ0n) is 8.87. The molecule has 6 heteroatoms. The molecular formula is C10H14ClN3O2. The number of hydrogen-bond acceptors (Lipinski definition) is 4. The van der Waals surface area contributed by atoms with Gasteiger partial charge in [-0.15, -0.1) is 0 Å². The van der Waals surface area contributed by atoms with Crippen molar-refractivity contribution in [3.05, 3.63) is 23.2 Å². The molecule has 5 N–H and O–H groups in total. The van der Waals surface area contributed by atoms with Crippen molar-refractivity contribution in [2.24, 2.45) is 11.5 Å². The van der Waals surface area contributed by atoms with Crippen LogP contribution in [0.5, 0.6) is 5.75 Å². The molecule has 0 aromatic heterocycles. The summed E-state index contributed by atoms with van der Waals surface area (Å²) in [7, 11) is 1.54. The van der Waals surface area contributed by atoms with E-state index in [1.807, 2.05) is 0 Å². The zero-order chi connectivity index (χ0) is 12.1. The first-order chi connectivity index (χ1) is 7.54. The van der Waals surface area contributed by atoms with E-state index < -0.39 is 11.9 Å². The molecule has 16 heavy (non-hydrogen) atoms. The molecule has 0 spiro atoms. The topological polar surface area (TPSA) is 90.4 Å². The van der Waals surface area contributed by atoms with Gasteiger partial charge in [-0.2, -0.15) is 0 Å². The summed E-state index contributed by atoms with van der Waals surface area (Å²) in [5.74, 6) is 0.0644. The molecule has 0 saturated carbocycles. The molecule has 1 aromatic carbocycles. The van der Waals surface area contributed by atoms with Gasteiger partial charge in [0.15, 0.2) is 0 Å². The van der Waals surface area contributed by atoms with Gasteiger partial charge in [-0.3, -0.25) is 4.79 Å². The van der Waals surface area contributed by atoms with Crippen molar-refractivity contribution < 1.29 is 9.53 Å². The van der Waals surface area contributed by atoms with Crippen LogP contribution in [0, 0.1) is 0 Å². The SMILES string of the molecule is COc1ccc(Cl)cc1NCC(N)C(N)=O. The number of hydrogen-bond donors (Lipinski definition) is 3. The molecule has 1 rings (SSSR count). The lowest BCUT2D eigenvalue weighted by Crippen LogP contribution is -2.41. The van der Waals surface area contributed by atoms with E-state index in [0.717, 1.165) is 0 Å². The van der Waals surface area contributed by atoms with Gasteiger partial charge < -0.3 is 21.5 Å². The second-order valence-electron chi connectivity index (χ2n) is 3.23. The largest absolute Gasteiger partial charge is 0.495 e. The van der Waals surface area contributed by atoms with E-state index in [9.17, 15) is 4.79 Å². The number of carbonyl (C=O) groups is 1. The number of methoxy groups -OCH3 is 1. The molecule has 1 aromatic rings. The van der Waals surface area contributed by atoms with Crippen molar-refractivity contribution in [1.82, 2.24) is 0 Å². The van der Waals surface area contributed by atoms with E-state index in [1.165, 1.54) is 0 Å². The molecule has 0 bridgehead atoms. The Kier molecular flexibility index (Phi) is 4.39. The highest BCUT2D eigenvalue weighted by Crippen LogP contribution is 2.27. The van der Waals surface area contributed by atoms with Gasteiger partial charge in [0.1, 0.15) is 11.8 Å². The highest BCUT2D eigenvalue weighted by molar-refractivity contribution is 6.30. The van der Waals surface area contributed by atoms with Crippen molar-refractivity contribution in [2.75, 3.05) is 19.0 Å². The maximum atomic E-state index is 10.7.